The number of nitrogens with one attached hydrogen (secondary N) is 1. The molecular weight excluding hydrogens is 249 g/mol. The maximum atomic E-state index is 12.7. The number of pyridine rings is 1. The third-order valence-electron chi connectivity index (χ3n) is 2.61. The van der Waals surface area contributed by atoms with E-state index in [0.29, 0.717) is 18.9 Å². The van der Waals surface area contributed by atoms with Crippen LogP contribution < -0.4 is 5.32 Å². The van der Waals surface area contributed by atoms with E-state index in [0.717, 1.165) is 6.20 Å². The van der Waals surface area contributed by atoms with Gasteiger partial charge >= 0.3 is 6.09 Å². The average Bonchev–Trinajstić information content (AvgIpc) is 2.22. The number of halogens is 1. The van der Waals surface area contributed by atoms with Gasteiger partial charge in [-0.1, -0.05) is 0 Å². The predicted octanol–water partition coefficient (Wildman–Crippen LogP) is 2.25. The third-order valence-corrected chi connectivity index (χ3v) is 2.61. The molecule has 1 fully saturated rings. The molecular formula is C13H18FN3O2. The number of hydrogen-bond donors (Lipinski definition) is 1. The Bertz CT molecular complexity index is 450. The van der Waals surface area contributed by atoms with Crippen molar-refractivity contribution in [2.75, 3.05) is 18.4 Å². The first-order valence-electron chi connectivity index (χ1n) is 6.19. The third kappa shape index (κ3) is 3.81. The lowest BCUT2D eigenvalue weighted by Crippen LogP contribution is -2.58. The maximum Gasteiger partial charge on any atom is 0.410 e. The Hall–Kier alpha value is -1.85. The molecule has 0 aliphatic carbocycles. The minimum atomic E-state index is -0.478. The van der Waals surface area contributed by atoms with Gasteiger partial charge in [0.1, 0.15) is 17.2 Å². The lowest BCUT2D eigenvalue weighted by Gasteiger charge is -2.40. The van der Waals surface area contributed by atoms with Gasteiger partial charge in [0.15, 0.2) is 0 Å². The van der Waals surface area contributed by atoms with Gasteiger partial charge < -0.3 is 15.0 Å². The highest BCUT2D eigenvalue weighted by Crippen LogP contribution is 2.17. The van der Waals surface area contributed by atoms with Crippen LogP contribution in [-0.2, 0) is 4.74 Å². The van der Waals surface area contributed by atoms with Crippen molar-refractivity contribution in [3.05, 3.63) is 24.1 Å². The Morgan fingerprint density at radius 3 is 2.68 bits per heavy atom. The number of aromatic nitrogens is 1. The van der Waals surface area contributed by atoms with Gasteiger partial charge in [-0.3, -0.25) is 0 Å². The first kappa shape index (κ1) is 13.6. The van der Waals surface area contributed by atoms with Crippen molar-refractivity contribution < 1.29 is 13.9 Å². The van der Waals surface area contributed by atoms with Crippen LogP contribution in [0.15, 0.2) is 18.3 Å². The van der Waals surface area contributed by atoms with Crippen LogP contribution in [0, 0.1) is 5.82 Å². The molecule has 1 aromatic heterocycles. The highest BCUT2D eigenvalue weighted by Gasteiger charge is 2.33. The average molecular weight is 267 g/mol. The van der Waals surface area contributed by atoms with Crippen LogP contribution in [0.5, 0.6) is 0 Å². The Morgan fingerprint density at radius 1 is 1.47 bits per heavy atom. The molecule has 0 radical (unpaired) electrons. The number of rotatable bonds is 2. The molecule has 104 valence electrons. The minimum Gasteiger partial charge on any atom is -0.444 e. The van der Waals surface area contributed by atoms with E-state index in [9.17, 15) is 9.18 Å². The second kappa shape index (κ2) is 5.03. The van der Waals surface area contributed by atoms with Crippen LogP contribution in [0.4, 0.5) is 15.0 Å². The molecule has 1 aliphatic rings. The molecule has 2 heterocycles. The van der Waals surface area contributed by atoms with Crippen molar-refractivity contribution in [3.8, 4) is 0 Å². The number of anilines is 1. The van der Waals surface area contributed by atoms with Crippen molar-refractivity contribution in [2.24, 2.45) is 0 Å². The molecule has 1 saturated heterocycles. The second-order valence-corrected chi connectivity index (χ2v) is 5.59. The van der Waals surface area contributed by atoms with Gasteiger partial charge in [0.25, 0.3) is 0 Å². The number of nitrogens with zero attached hydrogens (tertiary/aromatic N) is 2. The van der Waals surface area contributed by atoms with Crippen molar-refractivity contribution >= 4 is 11.9 Å². The van der Waals surface area contributed by atoms with E-state index in [2.05, 4.69) is 10.3 Å². The zero-order chi connectivity index (χ0) is 14.0. The molecule has 0 bridgehead atoms. The fourth-order valence-electron chi connectivity index (χ4n) is 1.72. The van der Waals surface area contributed by atoms with Crippen molar-refractivity contribution in [2.45, 2.75) is 32.4 Å². The fraction of sp³-hybridized carbons (Fsp3) is 0.538. The van der Waals surface area contributed by atoms with Crippen LogP contribution in [0.1, 0.15) is 20.8 Å². The van der Waals surface area contributed by atoms with Gasteiger partial charge in [-0.05, 0) is 32.9 Å². The number of carbonyl (C=O) groups excluding carboxylic acids is 1. The summed E-state index contributed by atoms with van der Waals surface area (Å²) >= 11 is 0. The van der Waals surface area contributed by atoms with E-state index < -0.39 is 5.60 Å². The summed E-state index contributed by atoms with van der Waals surface area (Å²) < 4.78 is 17.9. The van der Waals surface area contributed by atoms with Gasteiger partial charge in [-0.25, -0.2) is 14.2 Å². The SMILES string of the molecule is CC(C)(C)OC(=O)N1CC(Nc2ccc(F)cn2)C1. The molecule has 6 heteroatoms. The summed E-state index contributed by atoms with van der Waals surface area (Å²) in [7, 11) is 0. The molecule has 19 heavy (non-hydrogen) atoms. The van der Waals surface area contributed by atoms with Gasteiger partial charge in [-0.15, -0.1) is 0 Å². The lowest BCUT2D eigenvalue weighted by molar-refractivity contribution is 0.0104. The van der Waals surface area contributed by atoms with Gasteiger partial charge in [0.2, 0.25) is 0 Å². The standard InChI is InChI=1S/C13H18FN3O2/c1-13(2,3)19-12(18)17-7-10(8-17)16-11-5-4-9(14)6-15-11/h4-6,10H,7-8H2,1-3H3,(H,15,16). The quantitative estimate of drug-likeness (QED) is 0.893. The molecule has 1 N–H and O–H groups in total. The summed E-state index contributed by atoms with van der Waals surface area (Å²) in [4.78, 5) is 17.2. The molecule has 0 unspecified atom stereocenters. The summed E-state index contributed by atoms with van der Waals surface area (Å²) in [5.41, 5.74) is -0.478. The van der Waals surface area contributed by atoms with Crippen LogP contribution in [0.25, 0.3) is 0 Å². The first-order chi connectivity index (χ1) is 8.83. The van der Waals surface area contributed by atoms with Gasteiger partial charge in [0, 0.05) is 13.1 Å². The summed E-state index contributed by atoms with van der Waals surface area (Å²) in [6.45, 7) is 6.64. The van der Waals surface area contributed by atoms with Gasteiger partial charge in [0.05, 0.1) is 12.2 Å². The fourth-order valence-corrected chi connectivity index (χ4v) is 1.72. The van der Waals surface area contributed by atoms with E-state index >= 15 is 0 Å². The predicted molar refractivity (Wildman–Crippen MR) is 69.4 cm³/mol. The van der Waals surface area contributed by atoms with Gasteiger partial charge in [-0.2, -0.15) is 0 Å². The normalized spacial score (nSPS) is 15.9. The Balaban J connectivity index is 1.77. The highest BCUT2D eigenvalue weighted by molar-refractivity contribution is 5.69. The lowest BCUT2D eigenvalue weighted by atomic mass is 10.1. The molecule has 0 aromatic carbocycles. The Morgan fingerprint density at radius 2 is 2.16 bits per heavy atom. The number of amides is 1. The van der Waals surface area contributed by atoms with E-state index in [4.69, 9.17) is 4.74 Å². The Labute approximate surface area is 111 Å². The minimum absolute atomic E-state index is 0.130. The van der Waals surface area contributed by atoms with E-state index in [1.807, 2.05) is 20.8 Å². The van der Waals surface area contributed by atoms with Crippen LogP contribution in [-0.4, -0.2) is 40.7 Å². The van der Waals surface area contributed by atoms with E-state index in [-0.39, 0.29) is 18.0 Å². The molecule has 0 atom stereocenters. The molecule has 1 amide bonds. The summed E-state index contributed by atoms with van der Waals surface area (Å²) in [6, 6.07) is 3.05. The Kier molecular flexibility index (Phi) is 3.59. The van der Waals surface area contributed by atoms with Crippen molar-refractivity contribution in [1.82, 2.24) is 9.88 Å². The van der Waals surface area contributed by atoms with Crippen LogP contribution >= 0.6 is 0 Å². The zero-order valence-corrected chi connectivity index (χ0v) is 11.3. The largest absolute Gasteiger partial charge is 0.444 e. The summed E-state index contributed by atoms with van der Waals surface area (Å²) in [5.74, 6) is 0.241. The molecule has 1 aromatic rings. The molecule has 0 spiro atoms. The summed E-state index contributed by atoms with van der Waals surface area (Å²) in [6.07, 6.45) is 0.852. The van der Waals surface area contributed by atoms with E-state index in [1.54, 1.807) is 11.0 Å². The van der Waals surface area contributed by atoms with E-state index in [1.165, 1.54) is 6.07 Å². The maximum absolute atomic E-state index is 12.7. The zero-order valence-electron chi connectivity index (χ0n) is 11.3. The number of hydrogen-bond acceptors (Lipinski definition) is 4. The van der Waals surface area contributed by atoms with Crippen molar-refractivity contribution in [3.63, 3.8) is 0 Å². The number of carbonyl (C=O) groups is 1. The van der Waals surface area contributed by atoms with Crippen LogP contribution in [0.3, 0.4) is 0 Å². The molecule has 0 saturated carbocycles. The first-order valence-corrected chi connectivity index (χ1v) is 6.19. The molecule has 2 rings (SSSR count). The smallest absolute Gasteiger partial charge is 0.410 e. The van der Waals surface area contributed by atoms with Crippen LogP contribution in [0.2, 0.25) is 0 Å². The number of ether oxygens (including phenoxy) is 1. The monoisotopic (exact) mass is 267 g/mol. The molecule has 5 nitrogen and oxygen atoms in total. The second-order valence-electron chi connectivity index (χ2n) is 5.59. The number of likely N-dealkylation sites (tertiary alicyclic amines) is 1. The van der Waals surface area contributed by atoms with Crippen molar-refractivity contribution in [1.29, 1.82) is 0 Å². The highest BCUT2D eigenvalue weighted by atomic mass is 19.1. The topological polar surface area (TPSA) is 54.5 Å². The summed E-state index contributed by atoms with van der Waals surface area (Å²) in [5, 5.41) is 3.13. The molecule has 1 aliphatic heterocycles.